The Morgan fingerprint density at radius 3 is 2.24 bits per heavy atom. The van der Waals surface area contributed by atoms with E-state index in [9.17, 15) is 14.7 Å². The molecule has 0 saturated heterocycles. The third-order valence-corrected chi connectivity index (χ3v) is 6.96. The van der Waals surface area contributed by atoms with Gasteiger partial charge < -0.3 is 15.2 Å². The van der Waals surface area contributed by atoms with Crippen LogP contribution in [0.4, 0.5) is 4.79 Å². The summed E-state index contributed by atoms with van der Waals surface area (Å²) >= 11 is 4.79. The van der Waals surface area contributed by atoms with E-state index in [2.05, 4.69) is 45.5 Å². The molecule has 0 saturated carbocycles. The zero-order valence-electron chi connectivity index (χ0n) is 15.3. The number of ether oxygens (including phenoxy) is 1. The second kappa shape index (κ2) is 8.39. The molecule has 1 aromatic heterocycles. The lowest BCUT2D eigenvalue weighted by molar-refractivity contribution is -0.137. The molecule has 1 aliphatic carbocycles. The summed E-state index contributed by atoms with van der Waals surface area (Å²) in [7, 11) is 0. The number of carboxylic acid groups (broad SMARTS) is 1. The van der Waals surface area contributed by atoms with Crippen molar-refractivity contribution in [1.29, 1.82) is 0 Å². The Labute approximate surface area is 180 Å². The summed E-state index contributed by atoms with van der Waals surface area (Å²) in [5.41, 5.74) is 4.57. The Morgan fingerprint density at radius 1 is 1.07 bits per heavy atom. The van der Waals surface area contributed by atoms with E-state index in [1.807, 2.05) is 35.7 Å². The van der Waals surface area contributed by atoms with Crippen molar-refractivity contribution in [3.63, 3.8) is 0 Å². The van der Waals surface area contributed by atoms with Crippen LogP contribution in [0.15, 0.2) is 64.5 Å². The van der Waals surface area contributed by atoms with Gasteiger partial charge in [-0.2, -0.15) is 0 Å². The number of hydrogen-bond donors (Lipinski definition) is 2. The van der Waals surface area contributed by atoms with Gasteiger partial charge in [0.05, 0.1) is 12.5 Å². The van der Waals surface area contributed by atoms with Gasteiger partial charge >= 0.3 is 12.1 Å². The SMILES string of the molecule is O=C(O)CC(NC(=O)OCC1c2ccccc2-c2ccccc21)c1sccc1Br. The molecule has 3 aromatic rings. The van der Waals surface area contributed by atoms with E-state index < -0.39 is 18.1 Å². The van der Waals surface area contributed by atoms with Gasteiger partial charge in [-0.1, -0.05) is 48.5 Å². The number of benzene rings is 2. The maximum absolute atomic E-state index is 12.5. The van der Waals surface area contributed by atoms with E-state index in [0.717, 1.165) is 31.6 Å². The standard InChI is InChI=1S/C22H18BrNO4S/c23-18-9-10-29-21(18)19(11-20(25)26)24-22(27)28-12-17-15-7-3-1-5-13(15)14-6-2-4-8-16(14)17/h1-10,17,19H,11-12H2,(H,24,27)(H,25,26). The molecule has 2 aromatic carbocycles. The van der Waals surface area contributed by atoms with E-state index in [-0.39, 0.29) is 18.9 Å². The van der Waals surface area contributed by atoms with Crippen LogP contribution in [0.5, 0.6) is 0 Å². The first-order valence-electron chi connectivity index (χ1n) is 9.10. The number of carboxylic acids is 1. The molecule has 0 radical (unpaired) electrons. The van der Waals surface area contributed by atoms with Crippen molar-refractivity contribution < 1.29 is 19.4 Å². The smallest absolute Gasteiger partial charge is 0.407 e. The van der Waals surface area contributed by atoms with Gasteiger partial charge in [0.25, 0.3) is 0 Å². The maximum atomic E-state index is 12.5. The van der Waals surface area contributed by atoms with Crippen molar-refractivity contribution in [3.8, 4) is 11.1 Å². The predicted octanol–water partition coefficient (Wildman–Crippen LogP) is 5.57. The van der Waals surface area contributed by atoms with Crippen molar-refractivity contribution in [2.24, 2.45) is 0 Å². The zero-order chi connectivity index (χ0) is 20.4. The maximum Gasteiger partial charge on any atom is 0.407 e. The lowest BCUT2D eigenvalue weighted by Gasteiger charge is -2.18. The second-order valence-corrected chi connectivity index (χ2v) is 8.56. The van der Waals surface area contributed by atoms with Crippen molar-refractivity contribution >= 4 is 39.3 Å². The summed E-state index contributed by atoms with van der Waals surface area (Å²) in [6, 6.07) is 17.4. The van der Waals surface area contributed by atoms with Gasteiger partial charge in [-0.3, -0.25) is 4.79 Å². The van der Waals surface area contributed by atoms with E-state index in [1.165, 1.54) is 11.3 Å². The first-order valence-corrected chi connectivity index (χ1v) is 10.8. The fourth-order valence-electron chi connectivity index (χ4n) is 3.72. The number of hydrogen-bond acceptors (Lipinski definition) is 4. The van der Waals surface area contributed by atoms with Gasteiger partial charge in [-0.25, -0.2) is 4.79 Å². The van der Waals surface area contributed by atoms with Crippen LogP contribution in [-0.4, -0.2) is 23.8 Å². The number of alkyl carbamates (subject to hydrolysis) is 1. The Hall–Kier alpha value is -2.64. The van der Waals surface area contributed by atoms with Crippen molar-refractivity contribution in [2.45, 2.75) is 18.4 Å². The van der Waals surface area contributed by atoms with Gasteiger partial charge in [-0.15, -0.1) is 11.3 Å². The minimum atomic E-state index is -0.991. The van der Waals surface area contributed by atoms with Crippen molar-refractivity contribution in [2.75, 3.05) is 6.61 Å². The van der Waals surface area contributed by atoms with Gasteiger partial charge in [0, 0.05) is 15.3 Å². The van der Waals surface area contributed by atoms with Crippen LogP contribution in [-0.2, 0) is 9.53 Å². The quantitative estimate of drug-likeness (QED) is 0.492. The highest BCUT2D eigenvalue weighted by molar-refractivity contribution is 9.10. The molecule has 5 nitrogen and oxygen atoms in total. The highest BCUT2D eigenvalue weighted by Gasteiger charge is 2.29. The number of carbonyl (C=O) groups is 2. The molecular formula is C22H18BrNO4S. The van der Waals surface area contributed by atoms with E-state index in [1.54, 1.807) is 0 Å². The predicted molar refractivity (Wildman–Crippen MR) is 115 cm³/mol. The molecule has 29 heavy (non-hydrogen) atoms. The Bertz CT molecular complexity index is 1020. The van der Waals surface area contributed by atoms with Crippen LogP contribution < -0.4 is 5.32 Å². The number of nitrogens with one attached hydrogen (secondary N) is 1. The third-order valence-electron chi connectivity index (χ3n) is 4.98. The molecule has 0 fully saturated rings. The topological polar surface area (TPSA) is 75.6 Å². The highest BCUT2D eigenvalue weighted by Crippen LogP contribution is 2.44. The van der Waals surface area contributed by atoms with Gasteiger partial charge in [0.1, 0.15) is 6.61 Å². The molecule has 1 amide bonds. The molecule has 2 N–H and O–H groups in total. The Kier molecular flexibility index (Phi) is 5.69. The molecule has 1 heterocycles. The molecule has 7 heteroatoms. The monoisotopic (exact) mass is 471 g/mol. The number of amides is 1. The number of thiophene rings is 1. The number of fused-ring (bicyclic) bond motifs is 3. The summed E-state index contributed by atoms with van der Waals surface area (Å²) < 4.78 is 6.31. The first kappa shape index (κ1) is 19.7. The van der Waals surface area contributed by atoms with Crippen LogP contribution >= 0.6 is 27.3 Å². The molecule has 148 valence electrons. The molecule has 1 atom stereocenters. The van der Waals surface area contributed by atoms with Gasteiger partial charge in [0.2, 0.25) is 0 Å². The van der Waals surface area contributed by atoms with Gasteiger partial charge in [-0.05, 0) is 49.6 Å². The Morgan fingerprint density at radius 2 is 1.69 bits per heavy atom. The zero-order valence-corrected chi connectivity index (χ0v) is 17.7. The van der Waals surface area contributed by atoms with Crippen LogP contribution in [0.3, 0.4) is 0 Å². The minimum Gasteiger partial charge on any atom is -0.481 e. The molecular weight excluding hydrogens is 454 g/mol. The van der Waals surface area contributed by atoms with E-state index >= 15 is 0 Å². The average molecular weight is 472 g/mol. The molecule has 0 aliphatic heterocycles. The summed E-state index contributed by atoms with van der Waals surface area (Å²) in [5, 5.41) is 13.7. The highest BCUT2D eigenvalue weighted by atomic mass is 79.9. The fourth-order valence-corrected chi connectivity index (χ4v) is 5.42. The minimum absolute atomic E-state index is 0.0421. The summed E-state index contributed by atoms with van der Waals surface area (Å²) in [5.74, 6) is -1.03. The Balaban J connectivity index is 1.48. The molecule has 0 spiro atoms. The van der Waals surface area contributed by atoms with E-state index in [0.29, 0.717) is 0 Å². The van der Waals surface area contributed by atoms with E-state index in [4.69, 9.17) is 4.74 Å². The lowest BCUT2D eigenvalue weighted by Crippen LogP contribution is -2.31. The van der Waals surface area contributed by atoms with Crippen molar-refractivity contribution in [3.05, 3.63) is 80.5 Å². The molecule has 4 rings (SSSR count). The number of carbonyl (C=O) groups excluding carboxylic acids is 1. The summed E-state index contributed by atoms with van der Waals surface area (Å²) in [4.78, 5) is 24.5. The van der Waals surface area contributed by atoms with Gasteiger partial charge in [0.15, 0.2) is 0 Å². The van der Waals surface area contributed by atoms with Crippen LogP contribution in [0.25, 0.3) is 11.1 Å². The normalized spacial score (nSPS) is 13.4. The summed E-state index contributed by atoms with van der Waals surface area (Å²) in [6.07, 6.45) is -0.845. The molecule has 1 unspecified atom stereocenters. The summed E-state index contributed by atoms with van der Waals surface area (Å²) in [6.45, 7) is 0.186. The van der Waals surface area contributed by atoms with Crippen molar-refractivity contribution in [1.82, 2.24) is 5.32 Å². The first-order chi connectivity index (χ1) is 14.0. The van der Waals surface area contributed by atoms with Crippen LogP contribution in [0, 0.1) is 0 Å². The lowest BCUT2D eigenvalue weighted by atomic mass is 9.98. The largest absolute Gasteiger partial charge is 0.481 e. The fraction of sp³-hybridized carbons (Fsp3) is 0.182. The van der Waals surface area contributed by atoms with Crippen LogP contribution in [0.1, 0.15) is 34.4 Å². The third kappa shape index (κ3) is 4.06. The molecule has 1 aliphatic rings. The average Bonchev–Trinajstić information content (AvgIpc) is 3.27. The number of aliphatic carboxylic acids is 1. The second-order valence-electron chi connectivity index (χ2n) is 6.75. The molecule has 0 bridgehead atoms. The number of halogens is 1. The van der Waals surface area contributed by atoms with Crippen LogP contribution in [0.2, 0.25) is 0 Å². The number of rotatable bonds is 6.